The molecule has 2 saturated carbocycles. The van der Waals surface area contributed by atoms with Crippen molar-refractivity contribution >= 4 is 5.97 Å². The van der Waals surface area contributed by atoms with E-state index in [0.29, 0.717) is 12.5 Å². The van der Waals surface area contributed by atoms with Gasteiger partial charge in [-0.05, 0) is 71.0 Å². The Kier molecular flexibility index (Phi) is 5.67. The van der Waals surface area contributed by atoms with Gasteiger partial charge in [0.2, 0.25) is 0 Å². The van der Waals surface area contributed by atoms with Crippen molar-refractivity contribution in [1.82, 2.24) is 10.2 Å². The molecule has 2 aliphatic carbocycles. The number of carbonyl (C=O) groups is 1. The van der Waals surface area contributed by atoms with Gasteiger partial charge in [0.15, 0.2) is 0 Å². The molecule has 0 saturated heterocycles. The standard InChI is InChI=1S/C17H32N2O2/c1-5-21-16(20)17(18-3)9-6-7-15(17)8-10-19(4)12-14-11-13(14)2/h13-15,18H,5-12H2,1-4H3. The molecule has 4 atom stereocenters. The van der Waals surface area contributed by atoms with Gasteiger partial charge in [-0.3, -0.25) is 4.79 Å². The van der Waals surface area contributed by atoms with Crippen molar-refractivity contribution in [1.29, 1.82) is 0 Å². The van der Waals surface area contributed by atoms with E-state index in [9.17, 15) is 4.79 Å². The molecule has 4 unspecified atom stereocenters. The fourth-order valence-electron chi connectivity index (χ4n) is 3.95. The molecule has 21 heavy (non-hydrogen) atoms. The third-order valence-corrected chi connectivity index (χ3v) is 5.59. The van der Waals surface area contributed by atoms with Crippen LogP contribution in [0.2, 0.25) is 0 Å². The Morgan fingerprint density at radius 1 is 1.48 bits per heavy atom. The second kappa shape index (κ2) is 7.10. The minimum absolute atomic E-state index is 0.0477. The van der Waals surface area contributed by atoms with Gasteiger partial charge in [0, 0.05) is 6.54 Å². The van der Waals surface area contributed by atoms with Gasteiger partial charge in [0.05, 0.1) is 6.61 Å². The monoisotopic (exact) mass is 296 g/mol. The molecule has 122 valence electrons. The zero-order valence-corrected chi connectivity index (χ0v) is 14.2. The molecule has 0 radical (unpaired) electrons. The van der Waals surface area contributed by atoms with E-state index < -0.39 is 5.54 Å². The zero-order valence-electron chi connectivity index (χ0n) is 14.2. The summed E-state index contributed by atoms with van der Waals surface area (Å²) in [5.41, 5.74) is -0.441. The van der Waals surface area contributed by atoms with Gasteiger partial charge < -0.3 is 15.0 Å². The number of nitrogens with zero attached hydrogens (tertiary/aromatic N) is 1. The lowest BCUT2D eigenvalue weighted by Gasteiger charge is -2.33. The van der Waals surface area contributed by atoms with Crippen molar-refractivity contribution in [3.63, 3.8) is 0 Å². The maximum Gasteiger partial charge on any atom is 0.326 e. The van der Waals surface area contributed by atoms with Crippen molar-refractivity contribution in [2.75, 3.05) is 33.8 Å². The van der Waals surface area contributed by atoms with Gasteiger partial charge in [0.25, 0.3) is 0 Å². The summed E-state index contributed by atoms with van der Waals surface area (Å²) in [5.74, 6) is 2.17. The minimum Gasteiger partial charge on any atom is -0.465 e. The van der Waals surface area contributed by atoms with E-state index in [0.717, 1.165) is 44.1 Å². The minimum atomic E-state index is -0.441. The van der Waals surface area contributed by atoms with Crippen LogP contribution in [0.15, 0.2) is 0 Å². The number of ether oxygens (including phenoxy) is 1. The maximum atomic E-state index is 12.4. The lowest BCUT2D eigenvalue weighted by molar-refractivity contribution is -0.153. The highest BCUT2D eigenvalue weighted by molar-refractivity contribution is 5.81. The van der Waals surface area contributed by atoms with Gasteiger partial charge in [-0.2, -0.15) is 0 Å². The summed E-state index contributed by atoms with van der Waals surface area (Å²) in [4.78, 5) is 14.8. The van der Waals surface area contributed by atoms with Crippen LogP contribution in [0.25, 0.3) is 0 Å². The Labute approximate surface area is 129 Å². The molecule has 0 bridgehead atoms. The van der Waals surface area contributed by atoms with Crippen LogP contribution in [0.1, 0.15) is 46.0 Å². The molecule has 2 aliphatic rings. The molecule has 4 heteroatoms. The average molecular weight is 296 g/mol. The molecular weight excluding hydrogens is 264 g/mol. The van der Waals surface area contributed by atoms with E-state index in [1.54, 1.807) is 0 Å². The van der Waals surface area contributed by atoms with E-state index in [1.807, 2.05) is 14.0 Å². The molecular formula is C17H32N2O2. The van der Waals surface area contributed by atoms with Crippen molar-refractivity contribution in [3.8, 4) is 0 Å². The molecule has 2 rings (SSSR count). The number of nitrogens with one attached hydrogen (secondary N) is 1. The Hall–Kier alpha value is -0.610. The summed E-state index contributed by atoms with van der Waals surface area (Å²) in [6, 6.07) is 0. The molecule has 0 heterocycles. The maximum absolute atomic E-state index is 12.4. The molecule has 0 aromatic rings. The lowest BCUT2D eigenvalue weighted by atomic mass is 9.84. The van der Waals surface area contributed by atoms with Crippen molar-refractivity contribution in [3.05, 3.63) is 0 Å². The summed E-state index contributed by atoms with van der Waals surface area (Å²) in [7, 11) is 4.12. The van der Waals surface area contributed by atoms with E-state index >= 15 is 0 Å². The normalized spacial score (nSPS) is 35.2. The Morgan fingerprint density at radius 3 is 2.76 bits per heavy atom. The van der Waals surface area contributed by atoms with Crippen molar-refractivity contribution in [2.24, 2.45) is 17.8 Å². The summed E-state index contributed by atoms with van der Waals surface area (Å²) < 4.78 is 5.33. The number of hydrogen-bond acceptors (Lipinski definition) is 4. The van der Waals surface area contributed by atoms with Gasteiger partial charge in [-0.15, -0.1) is 0 Å². The second-order valence-corrected chi connectivity index (χ2v) is 7.05. The fraction of sp³-hybridized carbons (Fsp3) is 0.941. The smallest absolute Gasteiger partial charge is 0.326 e. The van der Waals surface area contributed by atoms with Gasteiger partial charge >= 0.3 is 5.97 Å². The van der Waals surface area contributed by atoms with Gasteiger partial charge in [0.1, 0.15) is 5.54 Å². The summed E-state index contributed by atoms with van der Waals surface area (Å²) >= 11 is 0. The first-order chi connectivity index (χ1) is 10.0. The van der Waals surface area contributed by atoms with E-state index in [2.05, 4.69) is 24.2 Å². The third kappa shape index (κ3) is 3.78. The van der Waals surface area contributed by atoms with E-state index in [-0.39, 0.29) is 5.97 Å². The zero-order chi connectivity index (χ0) is 15.5. The van der Waals surface area contributed by atoms with Crippen LogP contribution in [0.4, 0.5) is 0 Å². The van der Waals surface area contributed by atoms with Crippen LogP contribution in [-0.2, 0) is 9.53 Å². The quantitative estimate of drug-likeness (QED) is 0.698. The summed E-state index contributed by atoms with van der Waals surface area (Å²) in [6.45, 7) is 6.98. The molecule has 2 fully saturated rings. The first-order valence-corrected chi connectivity index (χ1v) is 8.58. The topological polar surface area (TPSA) is 41.6 Å². The molecule has 0 aliphatic heterocycles. The highest BCUT2D eigenvalue weighted by atomic mass is 16.5. The highest BCUT2D eigenvalue weighted by Gasteiger charge is 2.48. The van der Waals surface area contributed by atoms with Crippen LogP contribution < -0.4 is 5.32 Å². The fourth-order valence-corrected chi connectivity index (χ4v) is 3.95. The van der Waals surface area contributed by atoms with Crippen molar-refractivity contribution < 1.29 is 9.53 Å². The van der Waals surface area contributed by atoms with Crippen LogP contribution in [0, 0.1) is 17.8 Å². The van der Waals surface area contributed by atoms with Crippen LogP contribution in [-0.4, -0.2) is 50.2 Å². The molecule has 0 aromatic carbocycles. The van der Waals surface area contributed by atoms with Crippen LogP contribution >= 0.6 is 0 Å². The largest absolute Gasteiger partial charge is 0.465 e. The lowest BCUT2D eigenvalue weighted by Crippen LogP contribution is -2.54. The SMILES string of the molecule is CCOC(=O)C1(NC)CCCC1CCN(C)CC1CC1C. The summed E-state index contributed by atoms with van der Waals surface area (Å²) in [6.07, 6.45) is 5.63. The Bertz CT molecular complexity index is 361. The average Bonchev–Trinajstić information content (AvgIpc) is 3.00. The predicted octanol–water partition coefficient (Wildman–Crippen LogP) is 2.29. The van der Waals surface area contributed by atoms with Gasteiger partial charge in [-0.25, -0.2) is 0 Å². The molecule has 4 nitrogen and oxygen atoms in total. The summed E-state index contributed by atoms with van der Waals surface area (Å²) in [5, 5.41) is 3.30. The number of hydrogen-bond donors (Lipinski definition) is 1. The number of carbonyl (C=O) groups excluding carboxylic acids is 1. The molecule has 1 N–H and O–H groups in total. The third-order valence-electron chi connectivity index (χ3n) is 5.59. The first-order valence-electron chi connectivity index (χ1n) is 8.58. The highest BCUT2D eigenvalue weighted by Crippen LogP contribution is 2.40. The van der Waals surface area contributed by atoms with Crippen molar-refractivity contribution in [2.45, 2.75) is 51.5 Å². The first kappa shape index (κ1) is 16.8. The van der Waals surface area contributed by atoms with E-state index in [1.165, 1.54) is 13.0 Å². The van der Waals surface area contributed by atoms with Crippen LogP contribution in [0.5, 0.6) is 0 Å². The Balaban J connectivity index is 1.86. The second-order valence-electron chi connectivity index (χ2n) is 7.05. The molecule has 0 spiro atoms. The number of likely N-dealkylation sites (N-methyl/N-ethyl adjacent to an activating group) is 1. The molecule has 0 amide bonds. The van der Waals surface area contributed by atoms with Crippen LogP contribution in [0.3, 0.4) is 0 Å². The van der Waals surface area contributed by atoms with E-state index in [4.69, 9.17) is 4.74 Å². The Morgan fingerprint density at radius 2 is 2.19 bits per heavy atom. The number of esters is 1. The van der Waals surface area contributed by atoms with Gasteiger partial charge in [-0.1, -0.05) is 13.3 Å². The number of rotatable bonds is 8. The molecule has 0 aromatic heterocycles. The predicted molar refractivity (Wildman–Crippen MR) is 85.1 cm³/mol.